The number of halogens is 4. The van der Waals surface area contributed by atoms with Crippen LogP contribution in [0.2, 0.25) is 0 Å². The number of aryl methyl sites for hydroxylation is 1. The molecule has 1 aromatic carbocycles. The molecule has 1 aliphatic rings. The maximum Gasteiger partial charge on any atom is 0.419 e. The van der Waals surface area contributed by atoms with Crippen molar-refractivity contribution < 1.29 is 22.3 Å². The summed E-state index contributed by atoms with van der Waals surface area (Å²) >= 11 is 0. The molecule has 0 amide bonds. The highest BCUT2D eigenvalue weighted by Crippen LogP contribution is 2.41. The van der Waals surface area contributed by atoms with Gasteiger partial charge in [0.25, 0.3) is 0 Å². The van der Waals surface area contributed by atoms with Gasteiger partial charge in [-0.3, -0.25) is 0 Å². The quantitative estimate of drug-likeness (QED) is 0.391. The van der Waals surface area contributed by atoms with Gasteiger partial charge in [0, 0.05) is 5.92 Å². The summed E-state index contributed by atoms with van der Waals surface area (Å²) in [5.74, 6) is -1.49. The number of ether oxygens (including phenoxy) is 1. The first-order valence-electron chi connectivity index (χ1n) is 9.38. The zero-order valence-electron chi connectivity index (χ0n) is 15.1. The van der Waals surface area contributed by atoms with Gasteiger partial charge in [0.2, 0.25) is 0 Å². The molecule has 0 spiro atoms. The van der Waals surface area contributed by atoms with Crippen molar-refractivity contribution in [2.24, 2.45) is 0 Å². The van der Waals surface area contributed by atoms with Crippen LogP contribution in [0, 0.1) is 5.82 Å². The molecule has 1 aromatic rings. The average Bonchev–Trinajstić information content (AvgIpc) is 2.56. The molecule has 25 heavy (non-hydrogen) atoms. The van der Waals surface area contributed by atoms with Crippen LogP contribution in [0.5, 0.6) is 0 Å². The van der Waals surface area contributed by atoms with Crippen LogP contribution in [0.4, 0.5) is 17.6 Å². The standard InChI is InChI=1S/C20H28F4O/c1-3-5-6-8-16-11-9-15(13-25-16)17-12-10-14(7-4-2)19(21)18(17)20(22,23)24/h10,12,15-16H,3-9,11,13H2,1-2H3. The first-order chi connectivity index (χ1) is 11.9. The Bertz CT molecular complexity index is 545. The summed E-state index contributed by atoms with van der Waals surface area (Å²) < 4.78 is 60.7. The smallest absolute Gasteiger partial charge is 0.378 e. The lowest BCUT2D eigenvalue weighted by Crippen LogP contribution is -2.27. The van der Waals surface area contributed by atoms with Gasteiger partial charge in [0.15, 0.2) is 0 Å². The van der Waals surface area contributed by atoms with Gasteiger partial charge >= 0.3 is 6.18 Å². The van der Waals surface area contributed by atoms with E-state index in [-0.39, 0.29) is 29.8 Å². The monoisotopic (exact) mass is 360 g/mol. The van der Waals surface area contributed by atoms with Gasteiger partial charge in [0.05, 0.1) is 18.3 Å². The Morgan fingerprint density at radius 3 is 2.40 bits per heavy atom. The van der Waals surface area contributed by atoms with Crippen LogP contribution in [0.1, 0.15) is 81.4 Å². The summed E-state index contributed by atoms with van der Waals surface area (Å²) in [7, 11) is 0. The molecule has 0 aliphatic carbocycles. The molecule has 142 valence electrons. The van der Waals surface area contributed by atoms with E-state index in [1.807, 2.05) is 6.92 Å². The molecule has 0 saturated carbocycles. The normalized spacial score (nSPS) is 21.5. The first-order valence-corrected chi connectivity index (χ1v) is 9.38. The number of hydrogen-bond donors (Lipinski definition) is 0. The molecule has 0 aromatic heterocycles. The van der Waals surface area contributed by atoms with Crippen LogP contribution in [0.15, 0.2) is 12.1 Å². The summed E-state index contributed by atoms with van der Waals surface area (Å²) in [6, 6.07) is 2.97. The van der Waals surface area contributed by atoms with E-state index < -0.39 is 17.6 Å². The van der Waals surface area contributed by atoms with Gasteiger partial charge in [-0.2, -0.15) is 13.2 Å². The molecule has 2 unspecified atom stereocenters. The van der Waals surface area contributed by atoms with E-state index >= 15 is 0 Å². The van der Waals surface area contributed by atoms with E-state index in [1.165, 1.54) is 12.1 Å². The van der Waals surface area contributed by atoms with Crippen molar-refractivity contribution in [1.29, 1.82) is 0 Å². The van der Waals surface area contributed by atoms with Crippen LogP contribution in [0.25, 0.3) is 0 Å². The lowest BCUT2D eigenvalue weighted by atomic mass is 9.85. The maximum absolute atomic E-state index is 14.5. The molecule has 0 bridgehead atoms. The first kappa shape index (κ1) is 20.2. The second kappa shape index (κ2) is 9.02. The molecule has 1 aliphatic heterocycles. The molecule has 2 rings (SSSR count). The van der Waals surface area contributed by atoms with Gasteiger partial charge < -0.3 is 4.74 Å². The predicted octanol–water partition coefficient (Wildman–Crippen LogP) is 6.64. The Hall–Kier alpha value is -1.10. The lowest BCUT2D eigenvalue weighted by Gasteiger charge is -2.31. The second-order valence-corrected chi connectivity index (χ2v) is 6.98. The highest BCUT2D eigenvalue weighted by molar-refractivity contribution is 5.39. The SMILES string of the molecule is CCCCCC1CCC(c2ccc(CCC)c(F)c2C(F)(F)F)CO1. The lowest BCUT2D eigenvalue weighted by molar-refractivity contribution is -0.141. The Morgan fingerprint density at radius 2 is 1.84 bits per heavy atom. The molecule has 1 fully saturated rings. The van der Waals surface area contributed by atoms with Crippen LogP contribution in [-0.2, 0) is 17.3 Å². The highest BCUT2D eigenvalue weighted by Gasteiger charge is 2.40. The fraction of sp³-hybridized carbons (Fsp3) is 0.700. The Labute approximate surface area is 147 Å². The van der Waals surface area contributed by atoms with Crippen LogP contribution >= 0.6 is 0 Å². The molecular weight excluding hydrogens is 332 g/mol. The number of rotatable bonds is 7. The van der Waals surface area contributed by atoms with Crippen molar-refractivity contribution >= 4 is 0 Å². The molecular formula is C20H28F4O. The third-order valence-electron chi connectivity index (χ3n) is 5.00. The molecule has 5 heteroatoms. The van der Waals surface area contributed by atoms with Gasteiger partial charge in [-0.1, -0.05) is 51.7 Å². The fourth-order valence-corrected chi connectivity index (χ4v) is 3.63. The van der Waals surface area contributed by atoms with Gasteiger partial charge in [-0.25, -0.2) is 4.39 Å². The molecule has 1 nitrogen and oxygen atoms in total. The summed E-state index contributed by atoms with van der Waals surface area (Å²) in [5, 5.41) is 0. The van der Waals surface area contributed by atoms with Gasteiger partial charge in [-0.15, -0.1) is 0 Å². The Morgan fingerprint density at radius 1 is 1.08 bits per heavy atom. The van der Waals surface area contributed by atoms with Crippen molar-refractivity contribution in [3.05, 3.63) is 34.6 Å². The number of hydrogen-bond acceptors (Lipinski definition) is 1. The molecule has 2 atom stereocenters. The summed E-state index contributed by atoms with van der Waals surface area (Å²) in [6.45, 7) is 4.20. The third-order valence-corrected chi connectivity index (χ3v) is 5.00. The number of alkyl halides is 3. The van der Waals surface area contributed by atoms with Crippen molar-refractivity contribution in [1.82, 2.24) is 0 Å². The minimum Gasteiger partial charge on any atom is -0.378 e. The van der Waals surface area contributed by atoms with Crippen molar-refractivity contribution in [2.75, 3.05) is 6.61 Å². The highest BCUT2D eigenvalue weighted by atomic mass is 19.4. The Kier molecular flexibility index (Phi) is 7.29. The number of benzene rings is 1. The van der Waals surface area contributed by atoms with E-state index in [0.29, 0.717) is 19.3 Å². The van der Waals surface area contributed by atoms with Crippen LogP contribution in [0.3, 0.4) is 0 Å². The van der Waals surface area contributed by atoms with Gasteiger partial charge in [0.1, 0.15) is 5.82 Å². The van der Waals surface area contributed by atoms with E-state index in [1.54, 1.807) is 0 Å². The summed E-state index contributed by atoms with van der Waals surface area (Å²) in [6.07, 6.45) is 2.05. The molecule has 1 saturated heterocycles. The molecule has 0 N–H and O–H groups in total. The van der Waals surface area contributed by atoms with Crippen molar-refractivity contribution in [3.8, 4) is 0 Å². The Balaban J connectivity index is 2.15. The van der Waals surface area contributed by atoms with E-state index in [4.69, 9.17) is 4.74 Å². The average molecular weight is 360 g/mol. The van der Waals surface area contributed by atoms with Gasteiger partial charge in [-0.05, 0) is 36.8 Å². The summed E-state index contributed by atoms with van der Waals surface area (Å²) in [4.78, 5) is 0. The summed E-state index contributed by atoms with van der Waals surface area (Å²) in [5.41, 5.74) is -0.888. The zero-order valence-corrected chi connectivity index (χ0v) is 15.1. The minimum absolute atomic E-state index is 0.0526. The van der Waals surface area contributed by atoms with Crippen molar-refractivity contribution in [2.45, 2.75) is 83.4 Å². The van der Waals surface area contributed by atoms with E-state index in [2.05, 4.69) is 6.92 Å². The number of unbranched alkanes of at least 4 members (excludes halogenated alkanes) is 2. The topological polar surface area (TPSA) is 9.23 Å². The van der Waals surface area contributed by atoms with Crippen molar-refractivity contribution in [3.63, 3.8) is 0 Å². The minimum atomic E-state index is -4.68. The largest absolute Gasteiger partial charge is 0.419 e. The molecule has 0 radical (unpaired) electrons. The van der Waals surface area contributed by atoms with Crippen LogP contribution in [-0.4, -0.2) is 12.7 Å². The van der Waals surface area contributed by atoms with Crippen LogP contribution < -0.4 is 0 Å². The van der Waals surface area contributed by atoms with E-state index in [0.717, 1.165) is 32.1 Å². The maximum atomic E-state index is 14.5. The van der Waals surface area contributed by atoms with E-state index in [9.17, 15) is 17.6 Å². The third kappa shape index (κ3) is 5.19. The fourth-order valence-electron chi connectivity index (χ4n) is 3.63. The predicted molar refractivity (Wildman–Crippen MR) is 91.3 cm³/mol. The zero-order chi connectivity index (χ0) is 18.4. The molecule has 1 heterocycles. The second-order valence-electron chi connectivity index (χ2n) is 6.98.